The first kappa shape index (κ1) is 14.1. The summed E-state index contributed by atoms with van der Waals surface area (Å²) in [5, 5.41) is 12.9. The average molecular weight is 282 g/mol. The normalized spacial score (nSPS) is 19.5. The number of benzene rings is 2. The van der Waals surface area contributed by atoms with Gasteiger partial charge >= 0.3 is 0 Å². The molecule has 2 aromatic rings. The Labute approximate surface area is 126 Å². The van der Waals surface area contributed by atoms with Gasteiger partial charge in [0.25, 0.3) is 0 Å². The number of phenols is 1. The molecule has 1 aliphatic rings. The summed E-state index contributed by atoms with van der Waals surface area (Å²) in [7, 11) is 0. The van der Waals surface area contributed by atoms with E-state index in [-0.39, 0.29) is 0 Å². The van der Waals surface area contributed by atoms with E-state index in [0.717, 1.165) is 32.6 Å². The fourth-order valence-corrected chi connectivity index (χ4v) is 2.93. The topological polar surface area (TPSA) is 35.5 Å². The van der Waals surface area contributed by atoms with E-state index in [1.54, 1.807) is 12.1 Å². The van der Waals surface area contributed by atoms with Gasteiger partial charge in [-0.3, -0.25) is 4.90 Å². The van der Waals surface area contributed by atoms with Gasteiger partial charge in [-0.15, -0.1) is 0 Å². The summed E-state index contributed by atoms with van der Waals surface area (Å²) in [6.07, 6.45) is 1.01. The highest BCUT2D eigenvalue weighted by Gasteiger charge is 2.19. The second-order valence-corrected chi connectivity index (χ2v) is 5.74. The van der Waals surface area contributed by atoms with E-state index in [4.69, 9.17) is 0 Å². The number of piperazine rings is 1. The van der Waals surface area contributed by atoms with Crippen LogP contribution in [0.5, 0.6) is 5.75 Å². The van der Waals surface area contributed by atoms with Crippen LogP contribution in [-0.2, 0) is 13.0 Å². The first-order valence-corrected chi connectivity index (χ1v) is 7.57. The van der Waals surface area contributed by atoms with Crippen molar-refractivity contribution < 1.29 is 5.11 Å². The second kappa shape index (κ2) is 6.74. The molecule has 0 saturated carbocycles. The van der Waals surface area contributed by atoms with Crippen molar-refractivity contribution in [2.24, 2.45) is 0 Å². The maximum atomic E-state index is 9.34. The Balaban J connectivity index is 1.57. The molecule has 110 valence electrons. The fraction of sp³-hybridized carbons (Fsp3) is 0.333. The van der Waals surface area contributed by atoms with Gasteiger partial charge in [0.2, 0.25) is 0 Å². The Morgan fingerprint density at radius 2 is 1.76 bits per heavy atom. The molecule has 1 aliphatic heterocycles. The van der Waals surface area contributed by atoms with Gasteiger partial charge in [0.15, 0.2) is 0 Å². The molecule has 0 aromatic heterocycles. The molecule has 1 heterocycles. The molecule has 1 saturated heterocycles. The number of nitrogens with zero attached hydrogens (tertiary/aromatic N) is 1. The molecule has 3 heteroatoms. The highest BCUT2D eigenvalue weighted by molar-refractivity contribution is 5.26. The van der Waals surface area contributed by atoms with E-state index < -0.39 is 0 Å². The van der Waals surface area contributed by atoms with E-state index in [1.807, 2.05) is 12.1 Å². The molecule has 0 spiro atoms. The maximum absolute atomic E-state index is 9.34. The molecule has 1 atom stereocenters. The summed E-state index contributed by atoms with van der Waals surface area (Å²) in [6, 6.07) is 18.7. The Kier molecular flexibility index (Phi) is 4.53. The van der Waals surface area contributed by atoms with Gasteiger partial charge in [0.05, 0.1) is 0 Å². The number of nitrogens with one attached hydrogen (secondary N) is 1. The highest BCUT2D eigenvalue weighted by Crippen LogP contribution is 2.14. The van der Waals surface area contributed by atoms with Crippen LogP contribution in [0.15, 0.2) is 54.6 Å². The van der Waals surface area contributed by atoms with Crippen molar-refractivity contribution in [3.8, 4) is 5.75 Å². The van der Waals surface area contributed by atoms with Crippen molar-refractivity contribution in [1.29, 1.82) is 0 Å². The zero-order chi connectivity index (χ0) is 14.5. The molecular weight excluding hydrogens is 260 g/mol. The Bertz CT molecular complexity index is 553. The summed E-state index contributed by atoms with van der Waals surface area (Å²) in [4.78, 5) is 2.51. The largest absolute Gasteiger partial charge is 0.508 e. The Hall–Kier alpha value is -1.84. The molecule has 3 rings (SSSR count). The molecule has 2 N–H and O–H groups in total. The van der Waals surface area contributed by atoms with E-state index >= 15 is 0 Å². The minimum atomic E-state index is 0.334. The number of rotatable bonds is 4. The van der Waals surface area contributed by atoms with Gasteiger partial charge in [0.1, 0.15) is 5.75 Å². The first-order valence-electron chi connectivity index (χ1n) is 7.57. The number of hydrogen-bond donors (Lipinski definition) is 2. The lowest BCUT2D eigenvalue weighted by atomic mass is 10.0. The monoisotopic (exact) mass is 282 g/mol. The molecule has 1 fully saturated rings. The fourth-order valence-electron chi connectivity index (χ4n) is 2.93. The molecule has 0 aliphatic carbocycles. The zero-order valence-corrected chi connectivity index (χ0v) is 12.2. The van der Waals surface area contributed by atoms with Crippen molar-refractivity contribution in [2.45, 2.75) is 19.0 Å². The van der Waals surface area contributed by atoms with Crippen LogP contribution >= 0.6 is 0 Å². The standard InChI is InChI=1S/C18H22N2O/c21-18-8-6-15(7-9-18)12-17-14-20(11-10-19-17)13-16-4-2-1-3-5-16/h1-9,17,19,21H,10-14H2. The summed E-state index contributed by atoms with van der Waals surface area (Å²) in [5.74, 6) is 0.334. The second-order valence-electron chi connectivity index (χ2n) is 5.74. The van der Waals surface area contributed by atoms with Crippen LogP contribution in [-0.4, -0.2) is 35.7 Å². The van der Waals surface area contributed by atoms with Gasteiger partial charge in [-0.05, 0) is 29.7 Å². The van der Waals surface area contributed by atoms with Crippen LogP contribution in [0.4, 0.5) is 0 Å². The summed E-state index contributed by atoms with van der Waals surface area (Å²) >= 11 is 0. The van der Waals surface area contributed by atoms with Crippen LogP contribution in [0, 0.1) is 0 Å². The predicted octanol–water partition coefficient (Wildman–Crippen LogP) is 2.41. The SMILES string of the molecule is Oc1ccc(CC2CN(Cc3ccccc3)CCN2)cc1. The van der Waals surface area contributed by atoms with Crippen molar-refractivity contribution in [3.05, 3.63) is 65.7 Å². The van der Waals surface area contributed by atoms with Crippen molar-refractivity contribution >= 4 is 0 Å². The maximum Gasteiger partial charge on any atom is 0.115 e. The molecule has 21 heavy (non-hydrogen) atoms. The van der Waals surface area contributed by atoms with E-state index in [1.165, 1.54) is 11.1 Å². The molecule has 3 nitrogen and oxygen atoms in total. The number of phenolic OH excluding ortho intramolecular Hbond substituents is 1. The average Bonchev–Trinajstić information content (AvgIpc) is 2.51. The molecule has 0 amide bonds. The van der Waals surface area contributed by atoms with Gasteiger partial charge in [0, 0.05) is 32.2 Å². The van der Waals surface area contributed by atoms with Crippen molar-refractivity contribution in [3.63, 3.8) is 0 Å². The van der Waals surface area contributed by atoms with Gasteiger partial charge in [-0.1, -0.05) is 42.5 Å². The minimum absolute atomic E-state index is 0.334. The highest BCUT2D eigenvalue weighted by atomic mass is 16.3. The first-order chi connectivity index (χ1) is 10.3. The minimum Gasteiger partial charge on any atom is -0.508 e. The van der Waals surface area contributed by atoms with E-state index in [2.05, 4.69) is 40.5 Å². The number of hydrogen-bond acceptors (Lipinski definition) is 3. The summed E-state index contributed by atoms with van der Waals surface area (Å²) < 4.78 is 0. The smallest absolute Gasteiger partial charge is 0.115 e. The third-order valence-corrected chi connectivity index (χ3v) is 4.01. The molecule has 0 bridgehead atoms. The van der Waals surface area contributed by atoms with Gasteiger partial charge in [-0.2, -0.15) is 0 Å². The molecule has 0 radical (unpaired) electrons. The van der Waals surface area contributed by atoms with Crippen LogP contribution in [0.1, 0.15) is 11.1 Å². The van der Waals surface area contributed by atoms with Gasteiger partial charge in [-0.25, -0.2) is 0 Å². The van der Waals surface area contributed by atoms with Gasteiger partial charge < -0.3 is 10.4 Å². The Morgan fingerprint density at radius 3 is 2.52 bits per heavy atom. The third kappa shape index (κ3) is 4.06. The molecule has 2 aromatic carbocycles. The Morgan fingerprint density at radius 1 is 1.00 bits per heavy atom. The third-order valence-electron chi connectivity index (χ3n) is 4.01. The summed E-state index contributed by atoms with van der Waals surface area (Å²) in [6.45, 7) is 4.22. The van der Waals surface area contributed by atoms with Crippen LogP contribution < -0.4 is 5.32 Å². The molecule has 1 unspecified atom stereocenters. The quantitative estimate of drug-likeness (QED) is 0.904. The van der Waals surface area contributed by atoms with E-state index in [9.17, 15) is 5.11 Å². The lowest BCUT2D eigenvalue weighted by molar-refractivity contribution is 0.192. The van der Waals surface area contributed by atoms with Crippen molar-refractivity contribution in [1.82, 2.24) is 10.2 Å². The lowest BCUT2D eigenvalue weighted by Gasteiger charge is -2.34. The summed E-state index contributed by atoms with van der Waals surface area (Å²) in [5.41, 5.74) is 2.65. The van der Waals surface area contributed by atoms with Crippen LogP contribution in [0.2, 0.25) is 0 Å². The van der Waals surface area contributed by atoms with E-state index in [0.29, 0.717) is 11.8 Å². The predicted molar refractivity (Wildman–Crippen MR) is 85.3 cm³/mol. The zero-order valence-electron chi connectivity index (χ0n) is 12.2. The number of aromatic hydroxyl groups is 1. The lowest BCUT2D eigenvalue weighted by Crippen LogP contribution is -2.51. The molecular formula is C18H22N2O. The van der Waals surface area contributed by atoms with Crippen LogP contribution in [0.3, 0.4) is 0 Å². The van der Waals surface area contributed by atoms with Crippen molar-refractivity contribution in [2.75, 3.05) is 19.6 Å². The van der Waals surface area contributed by atoms with Crippen LogP contribution in [0.25, 0.3) is 0 Å².